The van der Waals surface area contributed by atoms with Crippen molar-refractivity contribution in [2.75, 3.05) is 0 Å². The highest BCUT2D eigenvalue weighted by molar-refractivity contribution is 6.29. The highest BCUT2D eigenvalue weighted by atomic mass is 35.5. The highest BCUT2D eigenvalue weighted by Gasteiger charge is 2.01. The van der Waals surface area contributed by atoms with Gasteiger partial charge in [-0.1, -0.05) is 17.7 Å². The van der Waals surface area contributed by atoms with Crippen LogP contribution in [0, 0.1) is 13.1 Å². The molecule has 0 spiro atoms. The Labute approximate surface area is 69.4 Å². The summed E-state index contributed by atoms with van der Waals surface area (Å²) in [6, 6.07) is 3.93. The van der Waals surface area contributed by atoms with Crippen molar-refractivity contribution in [2.45, 2.75) is 6.92 Å². The van der Waals surface area contributed by atoms with Crippen LogP contribution in [0.15, 0.2) is 18.3 Å². The van der Waals surface area contributed by atoms with Gasteiger partial charge in [0.25, 0.3) is 0 Å². The van der Waals surface area contributed by atoms with Gasteiger partial charge in [0.15, 0.2) is 0 Å². The van der Waals surface area contributed by atoms with Crippen molar-refractivity contribution >= 4 is 17.2 Å². The van der Waals surface area contributed by atoms with Crippen LogP contribution in [-0.4, -0.2) is 9.38 Å². The Balaban J connectivity index is 2.94. The van der Waals surface area contributed by atoms with Crippen molar-refractivity contribution in [3.05, 3.63) is 35.2 Å². The minimum Gasteiger partial charge on any atom is -0.290 e. The van der Waals surface area contributed by atoms with E-state index in [4.69, 9.17) is 11.6 Å². The first-order valence-electron chi connectivity index (χ1n) is 3.30. The third-order valence-electron chi connectivity index (χ3n) is 1.63. The molecule has 3 heteroatoms. The summed E-state index contributed by atoms with van der Waals surface area (Å²) in [5, 5.41) is 0.531. The van der Waals surface area contributed by atoms with E-state index in [1.54, 1.807) is 4.40 Å². The first-order valence-corrected chi connectivity index (χ1v) is 3.67. The van der Waals surface area contributed by atoms with Gasteiger partial charge < -0.3 is 0 Å². The number of hydrogen-bond acceptors (Lipinski definition) is 1. The lowest BCUT2D eigenvalue weighted by Gasteiger charge is -1.95. The van der Waals surface area contributed by atoms with Crippen molar-refractivity contribution in [2.24, 2.45) is 0 Å². The standard InChI is InChI=1S/C8H6ClN2/c1-6-3-2-4-11-7(9)5-10-8(6)11/h2-4H,1H3. The number of aromatic nitrogens is 2. The number of pyridine rings is 1. The Kier molecular flexibility index (Phi) is 1.36. The number of fused-ring (bicyclic) bond motifs is 1. The van der Waals surface area contributed by atoms with Crippen molar-refractivity contribution in [3.63, 3.8) is 0 Å². The molecule has 11 heavy (non-hydrogen) atoms. The van der Waals surface area contributed by atoms with Crippen LogP contribution in [0.5, 0.6) is 0 Å². The van der Waals surface area contributed by atoms with Gasteiger partial charge in [-0.25, -0.2) is 4.98 Å². The third-order valence-corrected chi connectivity index (χ3v) is 1.89. The lowest BCUT2D eigenvalue weighted by molar-refractivity contribution is 1.16. The fourth-order valence-corrected chi connectivity index (χ4v) is 1.24. The van der Waals surface area contributed by atoms with Crippen LogP contribution in [0.3, 0.4) is 0 Å². The maximum atomic E-state index is 5.79. The number of hydrogen-bond donors (Lipinski definition) is 0. The zero-order valence-corrected chi connectivity index (χ0v) is 6.76. The molecular formula is C8H6ClN2. The van der Waals surface area contributed by atoms with Crippen LogP contribution in [0.25, 0.3) is 5.65 Å². The number of halogens is 1. The lowest BCUT2D eigenvalue weighted by Crippen LogP contribution is -1.85. The molecule has 0 aliphatic heterocycles. The van der Waals surface area contributed by atoms with Crippen LogP contribution in [0.2, 0.25) is 5.15 Å². The zero-order valence-electron chi connectivity index (χ0n) is 6.00. The summed E-state index contributed by atoms with van der Waals surface area (Å²) in [6.45, 7) is 1.99. The number of nitrogens with zero attached hydrogens (tertiary/aromatic N) is 2. The second-order valence-electron chi connectivity index (χ2n) is 2.40. The zero-order chi connectivity index (χ0) is 7.84. The summed E-state index contributed by atoms with van der Waals surface area (Å²) in [7, 11) is 0. The molecule has 0 unspecified atom stereocenters. The van der Waals surface area contributed by atoms with Crippen LogP contribution >= 0.6 is 11.6 Å². The molecule has 0 fully saturated rings. The molecule has 2 rings (SSSR count). The normalized spacial score (nSPS) is 10.7. The predicted molar refractivity (Wildman–Crippen MR) is 43.8 cm³/mol. The summed E-state index contributed by atoms with van der Waals surface area (Å²) in [6.07, 6.45) is 4.57. The van der Waals surface area contributed by atoms with Crippen molar-refractivity contribution in [1.82, 2.24) is 9.38 Å². The fraction of sp³-hybridized carbons (Fsp3) is 0.125. The second-order valence-corrected chi connectivity index (χ2v) is 2.76. The molecule has 0 saturated carbocycles. The number of imidazole rings is 1. The van der Waals surface area contributed by atoms with Crippen molar-refractivity contribution in [1.29, 1.82) is 0 Å². The van der Waals surface area contributed by atoms with Gasteiger partial charge in [-0.15, -0.1) is 0 Å². The summed E-state index contributed by atoms with van der Waals surface area (Å²) >= 11 is 5.79. The van der Waals surface area contributed by atoms with Crippen molar-refractivity contribution < 1.29 is 0 Å². The largest absolute Gasteiger partial charge is 0.290 e. The van der Waals surface area contributed by atoms with Gasteiger partial charge in [0.2, 0.25) is 0 Å². The Hall–Kier alpha value is -1.02. The van der Waals surface area contributed by atoms with Gasteiger partial charge in [-0.05, 0) is 18.6 Å². The minimum absolute atomic E-state index is 0.531. The van der Waals surface area contributed by atoms with Crippen LogP contribution in [0.1, 0.15) is 5.56 Å². The van der Waals surface area contributed by atoms with Gasteiger partial charge >= 0.3 is 0 Å². The SMILES string of the molecule is Cc1cccn2c(Cl)[c]nc12. The Morgan fingerprint density at radius 1 is 1.64 bits per heavy atom. The van der Waals surface area contributed by atoms with E-state index in [0.29, 0.717) is 5.15 Å². The fourth-order valence-electron chi connectivity index (χ4n) is 1.06. The van der Waals surface area contributed by atoms with E-state index in [1.807, 2.05) is 25.3 Å². The molecule has 0 aliphatic carbocycles. The van der Waals surface area contributed by atoms with Gasteiger partial charge in [0, 0.05) is 6.20 Å². The first kappa shape index (κ1) is 6.68. The maximum absolute atomic E-state index is 5.79. The number of aryl methyl sites for hydroxylation is 1. The summed E-state index contributed by atoms with van der Waals surface area (Å²) in [5.41, 5.74) is 1.98. The molecule has 2 aromatic rings. The van der Waals surface area contributed by atoms with Crippen molar-refractivity contribution in [3.8, 4) is 0 Å². The molecule has 0 amide bonds. The van der Waals surface area contributed by atoms with Gasteiger partial charge in [-0.3, -0.25) is 4.40 Å². The maximum Gasteiger partial charge on any atom is 0.143 e. The highest BCUT2D eigenvalue weighted by Crippen LogP contribution is 2.13. The quantitative estimate of drug-likeness (QED) is 0.585. The molecular weight excluding hydrogens is 160 g/mol. The van der Waals surface area contributed by atoms with Crippen LogP contribution in [0.4, 0.5) is 0 Å². The molecule has 0 N–H and O–H groups in total. The van der Waals surface area contributed by atoms with Crippen LogP contribution in [-0.2, 0) is 0 Å². The molecule has 2 aromatic heterocycles. The Bertz CT molecular complexity index is 392. The monoisotopic (exact) mass is 165 g/mol. The Morgan fingerprint density at radius 2 is 2.45 bits per heavy atom. The average Bonchev–Trinajstić information content (AvgIpc) is 2.35. The molecule has 0 aliphatic rings. The summed E-state index contributed by atoms with van der Waals surface area (Å²) < 4.78 is 1.80. The Morgan fingerprint density at radius 3 is 3.18 bits per heavy atom. The topological polar surface area (TPSA) is 17.3 Å². The molecule has 1 radical (unpaired) electrons. The van der Waals surface area contributed by atoms with E-state index in [2.05, 4.69) is 11.2 Å². The minimum atomic E-state index is 0.531. The van der Waals surface area contributed by atoms with E-state index in [-0.39, 0.29) is 0 Å². The summed E-state index contributed by atoms with van der Waals surface area (Å²) in [4.78, 5) is 4.02. The van der Waals surface area contributed by atoms with E-state index in [9.17, 15) is 0 Å². The molecule has 2 nitrogen and oxygen atoms in total. The smallest absolute Gasteiger partial charge is 0.143 e. The van der Waals surface area contributed by atoms with E-state index in [0.717, 1.165) is 11.2 Å². The summed E-state index contributed by atoms with van der Waals surface area (Å²) in [5.74, 6) is 0. The molecule has 2 heterocycles. The van der Waals surface area contributed by atoms with E-state index >= 15 is 0 Å². The van der Waals surface area contributed by atoms with E-state index < -0.39 is 0 Å². The molecule has 0 saturated heterocycles. The molecule has 0 bridgehead atoms. The molecule has 0 atom stereocenters. The average molecular weight is 166 g/mol. The first-order chi connectivity index (χ1) is 5.29. The van der Waals surface area contributed by atoms with Gasteiger partial charge in [-0.2, -0.15) is 0 Å². The number of rotatable bonds is 0. The van der Waals surface area contributed by atoms with Gasteiger partial charge in [0.05, 0.1) is 0 Å². The lowest BCUT2D eigenvalue weighted by atomic mass is 10.3. The second kappa shape index (κ2) is 2.24. The third kappa shape index (κ3) is 0.906. The van der Waals surface area contributed by atoms with Crippen LogP contribution < -0.4 is 0 Å². The predicted octanol–water partition coefficient (Wildman–Crippen LogP) is 2.10. The van der Waals surface area contributed by atoms with E-state index in [1.165, 1.54) is 0 Å². The van der Waals surface area contributed by atoms with Gasteiger partial charge in [0.1, 0.15) is 17.0 Å². The molecule has 0 aromatic carbocycles. The molecule has 55 valence electrons.